The Labute approximate surface area is 162 Å². The van der Waals surface area contributed by atoms with Crippen molar-refractivity contribution in [1.82, 2.24) is 15.5 Å². The molecular formula is C20H37N3O4. The fraction of sp³-hybridized carbons (Fsp3) is 0.900. The van der Waals surface area contributed by atoms with Crippen molar-refractivity contribution in [2.75, 3.05) is 32.7 Å². The fourth-order valence-corrected chi connectivity index (χ4v) is 4.52. The van der Waals surface area contributed by atoms with Gasteiger partial charge in [0.15, 0.2) is 0 Å². The van der Waals surface area contributed by atoms with Crippen LogP contribution in [-0.2, 0) is 4.79 Å². The van der Waals surface area contributed by atoms with Crippen LogP contribution in [0.25, 0.3) is 0 Å². The lowest BCUT2D eigenvalue weighted by Crippen LogP contribution is -2.47. The summed E-state index contributed by atoms with van der Waals surface area (Å²) in [5.74, 6) is 1.58. The van der Waals surface area contributed by atoms with Crippen molar-refractivity contribution >= 4 is 12.1 Å². The van der Waals surface area contributed by atoms with Gasteiger partial charge in [-0.1, -0.05) is 19.3 Å². The van der Waals surface area contributed by atoms with E-state index >= 15 is 0 Å². The molecule has 2 heterocycles. The van der Waals surface area contributed by atoms with Gasteiger partial charge in [-0.2, -0.15) is 0 Å². The van der Waals surface area contributed by atoms with Crippen LogP contribution in [0.1, 0.15) is 64.2 Å². The van der Waals surface area contributed by atoms with Crippen molar-refractivity contribution in [3.63, 3.8) is 0 Å². The zero-order chi connectivity index (χ0) is 19.5. The van der Waals surface area contributed by atoms with Crippen molar-refractivity contribution in [2.45, 2.75) is 70.3 Å². The maximum absolute atomic E-state index is 12.3. The molecule has 0 aromatic heterocycles. The van der Waals surface area contributed by atoms with Crippen LogP contribution in [0.15, 0.2) is 0 Å². The lowest BCUT2D eigenvalue weighted by molar-refractivity contribution is -0.127. The second-order valence-electron chi connectivity index (χ2n) is 8.22. The van der Waals surface area contributed by atoms with Gasteiger partial charge in [-0.25, -0.2) is 4.79 Å². The summed E-state index contributed by atoms with van der Waals surface area (Å²) < 4.78 is 0. The fourth-order valence-electron chi connectivity index (χ4n) is 4.52. The van der Waals surface area contributed by atoms with E-state index in [-0.39, 0.29) is 0 Å². The second kappa shape index (κ2) is 12.2. The quantitative estimate of drug-likeness (QED) is 0.582. The molecule has 156 valence electrons. The first-order valence-electron chi connectivity index (χ1n) is 10.7. The summed E-state index contributed by atoms with van der Waals surface area (Å²) in [6.07, 6.45) is 10.6. The minimum absolute atomic E-state index is 0.307. The van der Waals surface area contributed by atoms with E-state index in [1.165, 1.54) is 71.2 Å². The normalized spacial score (nSPS) is 23.3. The molecule has 3 rings (SSSR count). The van der Waals surface area contributed by atoms with Crippen molar-refractivity contribution in [2.24, 2.45) is 11.8 Å². The number of hydrogen-bond acceptors (Lipinski definition) is 4. The zero-order valence-corrected chi connectivity index (χ0v) is 16.5. The number of hydrogen-bond donors (Lipinski definition) is 4. The van der Waals surface area contributed by atoms with Gasteiger partial charge in [0.2, 0.25) is 5.91 Å². The highest BCUT2D eigenvalue weighted by molar-refractivity contribution is 5.79. The van der Waals surface area contributed by atoms with E-state index in [4.69, 9.17) is 15.0 Å². The van der Waals surface area contributed by atoms with Gasteiger partial charge >= 0.3 is 6.16 Å². The van der Waals surface area contributed by atoms with E-state index in [1.54, 1.807) is 0 Å². The first-order chi connectivity index (χ1) is 13.0. The van der Waals surface area contributed by atoms with Crippen LogP contribution in [0.3, 0.4) is 0 Å². The zero-order valence-electron chi connectivity index (χ0n) is 16.5. The molecule has 1 saturated carbocycles. The summed E-state index contributed by atoms with van der Waals surface area (Å²) in [7, 11) is 0. The Morgan fingerprint density at radius 3 is 2.11 bits per heavy atom. The van der Waals surface area contributed by atoms with E-state index in [0.717, 1.165) is 31.6 Å². The summed E-state index contributed by atoms with van der Waals surface area (Å²) in [6, 6.07) is 0.430. The standard InChI is InChI=1S/C19H35N3O.CH2O3/c23-19(17-4-2-1-3-5-17)21-18-9-14-22(15-10-18)13-8-16-6-11-20-12-7-16;2-1(3)4/h16-18,20H,1-15H2,(H,21,23);(H2,2,3,4). The average molecular weight is 384 g/mol. The molecule has 3 aliphatic rings. The summed E-state index contributed by atoms with van der Waals surface area (Å²) in [5.41, 5.74) is 0. The third-order valence-corrected chi connectivity index (χ3v) is 6.22. The molecule has 1 aliphatic carbocycles. The molecule has 7 nitrogen and oxygen atoms in total. The third-order valence-electron chi connectivity index (χ3n) is 6.22. The van der Waals surface area contributed by atoms with Crippen LogP contribution in [-0.4, -0.2) is 65.9 Å². The Morgan fingerprint density at radius 2 is 1.52 bits per heavy atom. The van der Waals surface area contributed by atoms with E-state index in [9.17, 15) is 4.79 Å². The van der Waals surface area contributed by atoms with Gasteiger partial charge in [0.05, 0.1) is 0 Å². The van der Waals surface area contributed by atoms with Crippen LogP contribution in [0.4, 0.5) is 4.79 Å². The highest BCUT2D eigenvalue weighted by Gasteiger charge is 2.26. The van der Waals surface area contributed by atoms with Gasteiger partial charge in [-0.05, 0) is 70.5 Å². The lowest BCUT2D eigenvalue weighted by Gasteiger charge is -2.34. The number of carbonyl (C=O) groups is 2. The van der Waals surface area contributed by atoms with Crippen molar-refractivity contribution in [3.05, 3.63) is 0 Å². The molecule has 2 saturated heterocycles. The monoisotopic (exact) mass is 383 g/mol. The summed E-state index contributed by atoms with van der Waals surface area (Å²) in [6.45, 7) is 6.01. The maximum atomic E-state index is 12.3. The number of rotatable bonds is 5. The minimum Gasteiger partial charge on any atom is -0.450 e. The molecule has 3 fully saturated rings. The number of piperidine rings is 2. The maximum Gasteiger partial charge on any atom is 0.503 e. The van der Waals surface area contributed by atoms with Gasteiger partial charge < -0.3 is 25.7 Å². The molecule has 0 radical (unpaired) electrons. The topological polar surface area (TPSA) is 102 Å². The van der Waals surface area contributed by atoms with Gasteiger partial charge in [0, 0.05) is 25.0 Å². The molecule has 7 heteroatoms. The summed E-state index contributed by atoms with van der Waals surface area (Å²) >= 11 is 0. The van der Waals surface area contributed by atoms with Crippen LogP contribution in [0, 0.1) is 11.8 Å². The number of nitrogens with one attached hydrogen (secondary N) is 2. The Hall–Kier alpha value is -1.34. The van der Waals surface area contributed by atoms with Gasteiger partial charge in [-0.3, -0.25) is 4.79 Å². The predicted molar refractivity (Wildman–Crippen MR) is 105 cm³/mol. The Kier molecular flexibility index (Phi) is 9.91. The highest BCUT2D eigenvalue weighted by Crippen LogP contribution is 2.24. The van der Waals surface area contributed by atoms with E-state index in [2.05, 4.69) is 15.5 Å². The predicted octanol–water partition coefficient (Wildman–Crippen LogP) is 2.76. The summed E-state index contributed by atoms with van der Waals surface area (Å²) in [5, 5.41) is 20.7. The first-order valence-corrected chi connectivity index (χ1v) is 10.7. The average Bonchev–Trinajstić information content (AvgIpc) is 2.68. The van der Waals surface area contributed by atoms with Crippen molar-refractivity contribution < 1.29 is 19.8 Å². The SMILES string of the molecule is O=C(NC1CCN(CCC2CCNCC2)CC1)C1CCCCC1.O=C(O)O. The number of carboxylic acid groups (broad SMARTS) is 2. The molecule has 0 spiro atoms. The van der Waals surface area contributed by atoms with E-state index in [1.807, 2.05) is 0 Å². The van der Waals surface area contributed by atoms with Crippen molar-refractivity contribution in [3.8, 4) is 0 Å². The van der Waals surface area contributed by atoms with Gasteiger partial charge in [0.25, 0.3) is 0 Å². The van der Waals surface area contributed by atoms with Crippen LogP contribution >= 0.6 is 0 Å². The largest absolute Gasteiger partial charge is 0.503 e. The van der Waals surface area contributed by atoms with E-state index in [0.29, 0.717) is 17.9 Å². The molecule has 0 atom stereocenters. The molecule has 0 aromatic rings. The Morgan fingerprint density at radius 1 is 0.926 bits per heavy atom. The molecular weight excluding hydrogens is 346 g/mol. The molecule has 4 N–H and O–H groups in total. The van der Waals surface area contributed by atoms with E-state index < -0.39 is 6.16 Å². The minimum atomic E-state index is -1.83. The molecule has 0 unspecified atom stereocenters. The Bertz CT molecular complexity index is 437. The lowest BCUT2D eigenvalue weighted by atomic mass is 9.88. The van der Waals surface area contributed by atoms with Gasteiger partial charge in [0.1, 0.15) is 0 Å². The molecule has 2 aliphatic heterocycles. The highest BCUT2D eigenvalue weighted by atomic mass is 16.6. The molecule has 0 aromatic carbocycles. The number of nitrogens with zero attached hydrogens (tertiary/aromatic N) is 1. The van der Waals surface area contributed by atoms with Crippen LogP contribution < -0.4 is 10.6 Å². The number of carbonyl (C=O) groups excluding carboxylic acids is 1. The third kappa shape index (κ3) is 8.93. The van der Waals surface area contributed by atoms with Gasteiger partial charge in [-0.15, -0.1) is 0 Å². The molecule has 1 amide bonds. The van der Waals surface area contributed by atoms with Crippen molar-refractivity contribution in [1.29, 1.82) is 0 Å². The number of amides is 1. The second-order valence-corrected chi connectivity index (χ2v) is 8.22. The molecule has 0 bridgehead atoms. The van der Waals surface area contributed by atoms with Crippen LogP contribution in [0.5, 0.6) is 0 Å². The molecule has 27 heavy (non-hydrogen) atoms. The smallest absolute Gasteiger partial charge is 0.450 e. The number of likely N-dealkylation sites (tertiary alicyclic amines) is 1. The Balaban J connectivity index is 0.000000596. The van der Waals surface area contributed by atoms with Crippen LogP contribution in [0.2, 0.25) is 0 Å². The first kappa shape index (κ1) is 22.0. The summed E-state index contributed by atoms with van der Waals surface area (Å²) in [4.78, 5) is 23.5.